The number of aryl methyl sites for hydroxylation is 1. The lowest BCUT2D eigenvalue weighted by atomic mass is 10.1. The van der Waals surface area contributed by atoms with Gasteiger partial charge in [-0.1, -0.05) is 18.2 Å². The summed E-state index contributed by atoms with van der Waals surface area (Å²) in [5, 5.41) is 2.90. The quantitative estimate of drug-likeness (QED) is 0.775. The molecular formula is C22H29N3O2. The molecule has 0 radical (unpaired) electrons. The lowest BCUT2D eigenvalue weighted by molar-refractivity contribution is -0.116. The van der Waals surface area contributed by atoms with E-state index >= 15 is 0 Å². The maximum Gasteiger partial charge on any atom is 0.251 e. The third-order valence-electron chi connectivity index (χ3n) is 4.68. The predicted octanol–water partition coefficient (Wildman–Crippen LogP) is 3.62. The maximum atomic E-state index is 12.3. The van der Waals surface area contributed by atoms with Crippen molar-refractivity contribution in [2.24, 2.45) is 0 Å². The van der Waals surface area contributed by atoms with Crippen molar-refractivity contribution < 1.29 is 9.59 Å². The van der Waals surface area contributed by atoms with Crippen LogP contribution >= 0.6 is 0 Å². The topological polar surface area (TPSA) is 52.6 Å². The minimum absolute atomic E-state index is 0.0456. The average Bonchev–Trinajstić information content (AvgIpc) is 2.67. The van der Waals surface area contributed by atoms with Crippen molar-refractivity contribution in [2.45, 2.75) is 27.7 Å². The van der Waals surface area contributed by atoms with Crippen LogP contribution in [-0.4, -0.2) is 38.0 Å². The Morgan fingerprint density at radius 1 is 0.926 bits per heavy atom. The molecule has 27 heavy (non-hydrogen) atoms. The lowest BCUT2D eigenvalue weighted by Gasteiger charge is -2.24. The monoisotopic (exact) mass is 367 g/mol. The highest BCUT2D eigenvalue weighted by molar-refractivity contribution is 5.96. The van der Waals surface area contributed by atoms with Gasteiger partial charge in [-0.15, -0.1) is 0 Å². The SMILES string of the molecule is CCN(CC)c1ccc(N(CCNC(=O)c2ccccc2C)C(C)=O)cc1. The van der Waals surface area contributed by atoms with Crippen LogP contribution in [0.3, 0.4) is 0 Å². The molecule has 5 heteroatoms. The van der Waals surface area contributed by atoms with Crippen molar-refractivity contribution in [3.05, 3.63) is 59.7 Å². The smallest absolute Gasteiger partial charge is 0.251 e. The molecule has 0 aromatic heterocycles. The van der Waals surface area contributed by atoms with Gasteiger partial charge in [-0.25, -0.2) is 0 Å². The highest BCUT2D eigenvalue weighted by atomic mass is 16.2. The van der Waals surface area contributed by atoms with Crippen LogP contribution in [0.5, 0.6) is 0 Å². The molecule has 0 spiro atoms. The predicted molar refractivity (Wildman–Crippen MR) is 112 cm³/mol. The maximum absolute atomic E-state index is 12.3. The van der Waals surface area contributed by atoms with Gasteiger partial charge in [0.2, 0.25) is 5.91 Å². The summed E-state index contributed by atoms with van der Waals surface area (Å²) < 4.78 is 0. The highest BCUT2D eigenvalue weighted by Gasteiger charge is 2.13. The zero-order valence-electron chi connectivity index (χ0n) is 16.7. The lowest BCUT2D eigenvalue weighted by Crippen LogP contribution is -2.37. The molecule has 2 aromatic rings. The number of anilines is 2. The summed E-state index contributed by atoms with van der Waals surface area (Å²) in [7, 11) is 0. The first-order valence-corrected chi connectivity index (χ1v) is 9.44. The molecule has 0 heterocycles. The molecule has 0 saturated heterocycles. The van der Waals surface area contributed by atoms with Crippen LogP contribution < -0.4 is 15.1 Å². The molecule has 0 aliphatic rings. The van der Waals surface area contributed by atoms with Crippen molar-refractivity contribution in [3.63, 3.8) is 0 Å². The van der Waals surface area contributed by atoms with E-state index in [1.165, 1.54) is 0 Å². The average molecular weight is 367 g/mol. The number of hydrogen-bond acceptors (Lipinski definition) is 3. The van der Waals surface area contributed by atoms with E-state index in [-0.39, 0.29) is 11.8 Å². The van der Waals surface area contributed by atoms with Gasteiger partial charge in [0.25, 0.3) is 5.91 Å². The Hall–Kier alpha value is -2.82. The molecule has 0 aliphatic carbocycles. The first kappa shape index (κ1) is 20.5. The molecule has 0 bridgehead atoms. The molecule has 0 aliphatic heterocycles. The Morgan fingerprint density at radius 3 is 2.07 bits per heavy atom. The van der Waals surface area contributed by atoms with Crippen LogP contribution in [-0.2, 0) is 4.79 Å². The number of carbonyl (C=O) groups is 2. The van der Waals surface area contributed by atoms with E-state index in [1.807, 2.05) is 49.4 Å². The summed E-state index contributed by atoms with van der Waals surface area (Å²) in [6, 6.07) is 15.4. The van der Waals surface area contributed by atoms with E-state index in [0.29, 0.717) is 18.7 Å². The third kappa shape index (κ3) is 5.33. The van der Waals surface area contributed by atoms with Gasteiger partial charge in [-0.3, -0.25) is 9.59 Å². The minimum atomic E-state index is -0.117. The largest absolute Gasteiger partial charge is 0.372 e. The van der Waals surface area contributed by atoms with Crippen LogP contribution in [0.2, 0.25) is 0 Å². The second kappa shape index (κ2) is 9.76. The number of rotatable bonds is 8. The summed E-state index contributed by atoms with van der Waals surface area (Å²) >= 11 is 0. The van der Waals surface area contributed by atoms with Gasteiger partial charge in [-0.2, -0.15) is 0 Å². The Bertz CT molecular complexity index is 767. The highest BCUT2D eigenvalue weighted by Crippen LogP contribution is 2.21. The van der Waals surface area contributed by atoms with Crippen LogP contribution in [0.4, 0.5) is 11.4 Å². The van der Waals surface area contributed by atoms with Crippen molar-refractivity contribution in [1.82, 2.24) is 5.32 Å². The van der Waals surface area contributed by atoms with E-state index in [2.05, 4.69) is 24.1 Å². The van der Waals surface area contributed by atoms with Gasteiger partial charge < -0.3 is 15.1 Å². The van der Waals surface area contributed by atoms with Crippen LogP contribution in [0.15, 0.2) is 48.5 Å². The fraction of sp³-hybridized carbons (Fsp3) is 0.364. The standard InChI is InChI=1S/C22H29N3O2/c1-5-24(6-2)19-11-13-20(14-12-19)25(18(4)26)16-15-23-22(27)21-10-8-7-9-17(21)3/h7-14H,5-6,15-16H2,1-4H3,(H,23,27). The number of amides is 2. The van der Waals surface area contributed by atoms with Gasteiger partial charge in [0.15, 0.2) is 0 Å². The Kier molecular flexibility index (Phi) is 7.41. The van der Waals surface area contributed by atoms with Gasteiger partial charge in [0.05, 0.1) is 0 Å². The number of nitrogens with zero attached hydrogens (tertiary/aromatic N) is 2. The van der Waals surface area contributed by atoms with E-state index in [4.69, 9.17) is 0 Å². The molecule has 0 unspecified atom stereocenters. The molecule has 5 nitrogen and oxygen atoms in total. The molecule has 0 atom stereocenters. The van der Waals surface area contributed by atoms with E-state index in [1.54, 1.807) is 17.9 Å². The van der Waals surface area contributed by atoms with Crippen molar-refractivity contribution in [1.29, 1.82) is 0 Å². The molecule has 0 saturated carbocycles. The third-order valence-corrected chi connectivity index (χ3v) is 4.68. The second-order valence-corrected chi connectivity index (χ2v) is 6.43. The number of nitrogens with one attached hydrogen (secondary N) is 1. The van der Waals surface area contributed by atoms with Crippen LogP contribution in [0, 0.1) is 6.92 Å². The molecule has 1 N–H and O–H groups in total. The molecule has 0 fully saturated rings. The van der Waals surface area contributed by atoms with Crippen molar-refractivity contribution in [2.75, 3.05) is 36.0 Å². The number of hydrogen-bond donors (Lipinski definition) is 1. The van der Waals surface area contributed by atoms with E-state index in [9.17, 15) is 9.59 Å². The molecule has 2 aromatic carbocycles. The molecule has 144 valence electrons. The number of benzene rings is 2. The van der Waals surface area contributed by atoms with Crippen LogP contribution in [0.1, 0.15) is 36.7 Å². The van der Waals surface area contributed by atoms with Gasteiger partial charge in [0.1, 0.15) is 0 Å². The summed E-state index contributed by atoms with van der Waals surface area (Å²) in [4.78, 5) is 28.3. The van der Waals surface area contributed by atoms with E-state index < -0.39 is 0 Å². The first-order chi connectivity index (χ1) is 13.0. The normalized spacial score (nSPS) is 10.4. The second-order valence-electron chi connectivity index (χ2n) is 6.43. The Morgan fingerprint density at radius 2 is 1.52 bits per heavy atom. The number of carbonyl (C=O) groups excluding carboxylic acids is 2. The zero-order chi connectivity index (χ0) is 19.8. The van der Waals surface area contributed by atoms with Crippen molar-refractivity contribution in [3.8, 4) is 0 Å². The summed E-state index contributed by atoms with van der Waals surface area (Å²) in [6.07, 6.45) is 0. The fourth-order valence-corrected chi connectivity index (χ4v) is 3.10. The van der Waals surface area contributed by atoms with Gasteiger partial charge in [-0.05, 0) is 56.7 Å². The zero-order valence-corrected chi connectivity index (χ0v) is 16.7. The Balaban J connectivity index is 2.00. The Labute approximate surface area is 162 Å². The van der Waals surface area contributed by atoms with Crippen molar-refractivity contribution >= 4 is 23.2 Å². The first-order valence-electron chi connectivity index (χ1n) is 9.44. The summed E-state index contributed by atoms with van der Waals surface area (Å²) in [5.41, 5.74) is 3.57. The molecular weight excluding hydrogens is 338 g/mol. The van der Waals surface area contributed by atoms with Crippen LogP contribution in [0.25, 0.3) is 0 Å². The van der Waals surface area contributed by atoms with Gasteiger partial charge in [0, 0.05) is 50.0 Å². The molecule has 2 amide bonds. The van der Waals surface area contributed by atoms with E-state index in [0.717, 1.165) is 30.0 Å². The fourth-order valence-electron chi connectivity index (χ4n) is 3.10. The van der Waals surface area contributed by atoms with Gasteiger partial charge >= 0.3 is 0 Å². The molecule has 2 rings (SSSR count). The summed E-state index contributed by atoms with van der Waals surface area (Å²) in [6.45, 7) is 10.4. The summed E-state index contributed by atoms with van der Waals surface area (Å²) in [5.74, 6) is -0.163. The minimum Gasteiger partial charge on any atom is -0.372 e.